The molecule has 1 aromatic heterocycles. The number of nitrogens with one attached hydrogen (secondary N) is 2. The lowest BCUT2D eigenvalue weighted by molar-refractivity contribution is -0.134. The number of benzene rings is 1. The van der Waals surface area contributed by atoms with E-state index in [0.717, 1.165) is 44.8 Å². The molecule has 2 aromatic rings. The number of ether oxygens (including phenoxy) is 2. The van der Waals surface area contributed by atoms with E-state index in [4.69, 9.17) is 9.47 Å². The van der Waals surface area contributed by atoms with E-state index in [0.29, 0.717) is 30.1 Å². The smallest absolute Gasteiger partial charge is 0.349 e. The number of esters is 1. The summed E-state index contributed by atoms with van der Waals surface area (Å²) in [5, 5.41) is 6.73. The highest BCUT2D eigenvalue weighted by molar-refractivity contribution is 6.23. The number of rotatable bonds is 8. The molecule has 9 nitrogen and oxygen atoms in total. The summed E-state index contributed by atoms with van der Waals surface area (Å²) in [7, 11) is 0. The summed E-state index contributed by atoms with van der Waals surface area (Å²) >= 11 is 0. The second kappa shape index (κ2) is 10.9. The van der Waals surface area contributed by atoms with Crippen LogP contribution in [0.5, 0.6) is 0 Å². The summed E-state index contributed by atoms with van der Waals surface area (Å²) in [5.74, 6) is 0.599. The Labute approximate surface area is 188 Å². The maximum absolute atomic E-state index is 11.7. The number of carbonyl (C=O) groups excluding carboxylic acids is 1. The van der Waals surface area contributed by atoms with Crippen LogP contribution in [0.15, 0.2) is 35.5 Å². The molecule has 9 heteroatoms. The fourth-order valence-electron chi connectivity index (χ4n) is 3.91. The molecule has 4 rings (SSSR count). The first-order chi connectivity index (χ1) is 15.7. The highest BCUT2D eigenvalue weighted by Crippen LogP contribution is 2.29. The number of morpholine rings is 1. The lowest BCUT2D eigenvalue weighted by Crippen LogP contribution is -2.36. The van der Waals surface area contributed by atoms with E-state index >= 15 is 0 Å². The van der Waals surface area contributed by atoms with E-state index in [1.54, 1.807) is 13.1 Å². The van der Waals surface area contributed by atoms with Crippen molar-refractivity contribution >= 4 is 41.0 Å². The van der Waals surface area contributed by atoms with Crippen LogP contribution < -0.4 is 15.5 Å². The number of nitrogens with zero attached hydrogens (tertiary/aromatic N) is 4. The number of hydrogen-bond acceptors (Lipinski definition) is 9. The van der Waals surface area contributed by atoms with Crippen LogP contribution in [0.4, 0.5) is 28.8 Å². The summed E-state index contributed by atoms with van der Waals surface area (Å²) in [6.07, 6.45) is 7.37. The highest BCUT2D eigenvalue weighted by atomic mass is 16.5. The second-order valence-corrected chi connectivity index (χ2v) is 7.83. The van der Waals surface area contributed by atoms with Gasteiger partial charge in [0.1, 0.15) is 11.9 Å². The van der Waals surface area contributed by atoms with Gasteiger partial charge in [0, 0.05) is 30.5 Å². The molecule has 0 radical (unpaired) electrons. The SMILES string of the molecule is CCOC(=O)C=Nc1cnc(Nc2ccc(N3CCOCC3)cc2)nc1NC1CCCC1. The van der Waals surface area contributed by atoms with Crippen molar-refractivity contribution in [3.8, 4) is 0 Å². The molecule has 32 heavy (non-hydrogen) atoms. The highest BCUT2D eigenvalue weighted by Gasteiger charge is 2.18. The van der Waals surface area contributed by atoms with Gasteiger partial charge in [-0.25, -0.2) is 14.8 Å². The van der Waals surface area contributed by atoms with Gasteiger partial charge >= 0.3 is 5.97 Å². The van der Waals surface area contributed by atoms with Crippen LogP contribution >= 0.6 is 0 Å². The van der Waals surface area contributed by atoms with E-state index in [1.165, 1.54) is 24.7 Å². The molecule has 1 aromatic carbocycles. The molecule has 170 valence electrons. The van der Waals surface area contributed by atoms with Crippen molar-refractivity contribution in [1.82, 2.24) is 9.97 Å². The molecule has 1 aliphatic carbocycles. The standard InChI is InChI=1S/C23H30N6O3/c1-2-32-21(30)16-24-20-15-25-23(28-22(20)26-17-5-3-4-6-17)27-18-7-9-19(10-8-18)29-11-13-31-14-12-29/h7-10,15-17H,2-6,11-14H2,1H3,(H2,25,26,27,28). The van der Waals surface area contributed by atoms with Crippen LogP contribution in [0.2, 0.25) is 0 Å². The fraction of sp³-hybridized carbons (Fsp3) is 0.478. The third kappa shape index (κ3) is 5.94. The lowest BCUT2D eigenvalue weighted by atomic mass is 10.2. The van der Waals surface area contributed by atoms with Gasteiger partial charge in [-0.15, -0.1) is 0 Å². The van der Waals surface area contributed by atoms with Crippen molar-refractivity contribution in [3.63, 3.8) is 0 Å². The molecular weight excluding hydrogens is 408 g/mol. The summed E-state index contributed by atoms with van der Waals surface area (Å²) in [5.41, 5.74) is 2.58. The number of aromatic nitrogens is 2. The number of hydrogen-bond donors (Lipinski definition) is 2. The first-order valence-corrected chi connectivity index (χ1v) is 11.3. The Morgan fingerprint density at radius 3 is 2.72 bits per heavy atom. The molecule has 2 N–H and O–H groups in total. The van der Waals surface area contributed by atoms with Crippen LogP contribution in [0.25, 0.3) is 0 Å². The maximum atomic E-state index is 11.7. The van der Waals surface area contributed by atoms with Gasteiger partial charge in [-0.05, 0) is 44.0 Å². The first kappa shape index (κ1) is 22.0. The summed E-state index contributed by atoms with van der Waals surface area (Å²) in [6.45, 7) is 5.39. The maximum Gasteiger partial charge on any atom is 0.349 e. The quantitative estimate of drug-likeness (QED) is 0.476. The van der Waals surface area contributed by atoms with Crippen molar-refractivity contribution in [2.45, 2.75) is 38.6 Å². The normalized spacial score (nSPS) is 17.0. The van der Waals surface area contributed by atoms with Gasteiger partial charge in [-0.3, -0.25) is 0 Å². The molecule has 0 atom stereocenters. The minimum Gasteiger partial charge on any atom is -0.462 e. The van der Waals surface area contributed by atoms with Gasteiger partial charge in [0.25, 0.3) is 0 Å². The van der Waals surface area contributed by atoms with Crippen LogP contribution in [0.1, 0.15) is 32.6 Å². The Hall–Kier alpha value is -3.20. The van der Waals surface area contributed by atoms with Gasteiger partial charge in [0.15, 0.2) is 5.82 Å². The van der Waals surface area contributed by atoms with Crippen LogP contribution in [0, 0.1) is 0 Å². The fourth-order valence-corrected chi connectivity index (χ4v) is 3.91. The summed E-state index contributed by atoms with van der Waals surface area (Å²) in [6, 6.07) is 8.56. The zero-order valence-corrected chi connectivity index (χ0v) is 18.4. The Balaban J connectivity index is 1.48. The molecular formula is C23H30N6O3. The molecule has 0 bridgehead atoms. The van der Waals surface area contributed by atoms with Crippen LogP contribution in [-0.4, -0.2) is 61.1 Å². The van der Waals surface area contributed by atoms with E-state index in [2.05, 4.69) is 42.6 Å². The minimum atomic E-state index is -0.484. The van der Waals surface area contributed by atoms with Crippen LogP contribution in [0.3, 0.4) is 0 Å². The summed E-state index contributed by atoms with van der Waals surface area (Å²) < 4.78 is 10.3. The van der Waals surface area contributed by atoms with E-state index in [9.17, 15) is 4.79 Å². The van der Waals surface area contributed by atoms with Crippen LogP contribution in [-0.2, 0) is 14.3 Å². The Kier molecular flexibility index (Phi) is 7.50. The zero-order valence-electron chi connectivity index (χ0n) is 18.4. The van der Waals surface area contributed by atoms with Gasteiger partial charge in [-0.1, -0.05) is 12.8 Å². The number of carbonyl (C=O) groups is 1. The minimum absolute atomic E-state index is 0.307. The molecule has 2 aliphatic rings. The zero-order chi connectivity index (χ0) is 22.2. The average Bonchev–Trinajstić information content (AvgIpc) is 3.33. The van der Waals surface area contributed by atoms with Crippen molar-refractivity contribution in [2.24, 2.45) is 4.99 Å². The molecule has 1 saturated heterocycles. The lowest BCUT2D eigenvalue weighted by Gasteiger charge is -2.28. The Morgan fingerprint density at radius 2 is 2.00 bits per heavy atom. The predicted molar refractivity (Wildman–Crippen MR) is 125 cm³/mol. The van der Waals surface area contributed by atoms with Crippen molar-refractivity contribution < 1.29 is 14.3 Å². The third-order valence-corrected chi connectivity index (χ3v) is 5.56. The van der Waals surface area contributed by atoms with Crippen molar-refractivity contribution in [3.05, 3.63) is 30.5 Å². The topological polar surface area (TPSA) is 101 Å². The second-order valence-electron chi connectivity index (χ2n) is 7.83. The van der Waals surface area contributed by atoms with E-state index in [1.807, 2.05) is 12.1 Å². The summed E-state index contributed by atoms with van der Waals surface area (Å²) in [4.78, 5) is 27.3. The molecule has 0 amide bonds. The monoisotopic (exact) mass is 438 g/mol. The first-order valence-electron chi connectivity index (χ1n) is 11.3. The van der Waals surface area contributed by atoms with Gasteiger partial charge in [0.05, 0.1) is 26.0 Å². The van der Waals surface area contributed by atoms with Gasteiger partial charge in [0.2, 0.25) is 5.95 Å². The van der Waals surface area contributed by atoms with Gasteiger partial charge in [-0.2, -0.15) is 4.98 Å². The molecule has 1 aliphatic heterocycles. The Bertz CT molecular complexity index is 922. The third-order valence-electron chi connectivity index (χ3n) is 5.56. The predicted octanol–water partition coefficient (Wildman–Crippen LogP) is 3.68. The molecule has 2 fully saturated rings. The van der Waals surface area contributed by atoms with Crippen molar-refractivity contribution in [1.29, 1.82) is 0 Å². The van der Waals surface area contributed by atoms with E-state index < -0.39 is 5.97 Å². The largest absolute Gasteiger partial charge is 0.462 e. The van der Waals surface area contributed by atoms with Gasteiger partial charge < -0.3 is 25.0 Å². The van der Waals surface area contributed by atoms with E-state index in [-0.39, 0.29) is 0 Å². The number of aliphatic imine (C=N–C) groups is 1. The van der Waals surface area contributed by atoms with Crippen molar-refractivity contribution in [2.75, 3.05) is 48.4 Å². The number of anilines is 4. The molecule has 0 spiro atoms. The molecule has 2 heterocycles. The Morgan fingerprint density at radius 1 is 1.25 bits per heavy atom. The molecule has 1 saturated carbocycles. The average molecular weight is 439 g/mol. The molecule has 0 unspecified atom stereocenters.